The number of rotatable bonds is 3. The van der Waals surface area contributed by atoms with E-state index in [1.165, 1.54) is 18.9 Å². The molecule has 110 valence electrons. The van der Waals surface area contributed by atoms with Crippen LogP contribution in [0.15, 0.2) is 42.7 Å². The Bertz CT molecular complexity index is 321. The third-order valence-electron chi connectivity index (χ3n) is 3.38. The molecule has 1 unspecified atom stereocenters. The van der Waals surface area contributed by atoms with E-state index in [0.29, 0.717) is 11.3 Å². The zero-order valence-electron chi connectivity index (χ0n) is 13.8. The molecule has 1 heteroatoms. The van der Waals surface area contributed by atoms with E-state index in [1.54, 1.807) is 0 Å². The molecular formula is C18H32O. The fraction of sp³-hybridized carbons (Fsp3) is 0.556. The first-order chi connectivity index (χ1) is 8.81. The monoisotopic (exact) mass is 264 g/mol. The highest BCUT2D eigenvalue weighted by atomic mass is 16.3. The van der Waals surface area contributed by atoms with Crippen molar-refractivity contribution in [1.82, 2.24) is 0 Å². The van der Waals surface area contributed by atoms with Gasteiger partial charge in [0.25, 0.3) is 0 Å². The molecule has 0 heterocycles. The Morgan fingerprint density at radius 2 is 1.58 bits per heavy atom. The van der Waals surface area contributed by atoms with Gasteiger partial charge in [-0.15, -0.1) is 0 Å². The molecule has 0 amide bonds. The Morgan fingerprint density at radius 1 is 1.21 bits per heavy atom. The first kappa shape index (κ1) is 20.1. The largest absolute Gasteiger partial charge is 0.513 e. The van der Waals surface area contributed by atoms with Crippen LogP contribution in [0.1, 0.15) is 66.4 Å². The highest BCUT2D eigenvalue weighted by molar-refractivity contribution is 5.20. The van der Waals surface area contributed by atoms with E-state index in [2.05, 4.69) is 64.6 Å². The number of hydrogen-bond acceptors (Lipinski definition) is 1. The first-order valence-electron chi connectivity index (χ1n) is 7.20. The lowest BCUT2D eigenvalue weighted by atomic mass is 9.74. The smallest absolute Gasteiger partial charge is 0.0820 e. The van der Waals surface area contributed by atoms with Crippen molar-refractivity contribution in [2.75, 3.05) is 0 Å². The first-order valence-corrected chi connectivity index (χ1v) is 7.20. The molecule has 0 aliphatic heterocycles. The minimum absolute atomic E-state index is 0.167. The lowest BCUT2D eigenvalue weighted by Crippen LogP contribution is -2.18. The molecule has 1 N–H and O–H groups in total. The molecule has 1 aromatic carbocycles. The summed E-state index contributed by atoms with van der Waals surface area (Å²) in [6.45, 7) is 17.9. The molecule has 1 nitrogen and oxygen atoms in total. The molecule has 1 atom stereocenters. The second-order valence-electron chi connectivity index (χ2n) is 5.21. The van der Waals surface area contributed by atoms with Crippen LogP contribution >= 0.6 is 0 Å². The zero-order chi connectivity index (χ0) is 15.5. The normalized spacial score (nSPS) is 11.3. The Kier molecular flexibility index (Phi) is 11.3. The molecule has 0 bridgehead atoms. The molecule has 0 saturated carbocycles. The van der Waals surface area contributed by atoms with Crippen LogP contribution in [0.25, 0.3) is 0 Å². The molecule has 0 aliphatic rings. The summed E-state index contributed by atoms with van der Waals surface area (Å²) in [5, 5.41) is 7.86. The number of allylic oxidation sites excluding steroid dienone is 1. The molecule has 0 spiro atoms. The van der Waals surface area contributed by atoms with Crippen molar-refractivity contribution in [2.45, 2.75) is 60.8 Å². The maximum atomic E-state index is 7.86. The van der Waals surface area contributed by atoms with E-state index >= 15 is 0 Å². The Labute approximate surface area is 120 Å². The summed E-state index contributed by atoms with van der Waals surface area (Å²) in [5.74, 6) is 0.804. The molecule has 0 aromatic heterocycles. The van der Waals surface area contributed by atoms with E-state index < -0.39 is 0 Å². The summed E-state index contributed by atoms with van der Waals surface area (Å²) in [6, 6.07) is 10.8. The van der Waals surface area contributed by atoms with Crippen LogP contribution in [0.2, 0.25) is 0 Å². The lowest BCUT2D eigenvalue weighted by molar-refractivity contribution is 0.289. The fourth-order valence-electron chi connectivity index (χ4n) is 1.50. The fourth-order valence-corrected chi connectivity index (χ4v) is 1.50. The van der Waals surface area contributed by atoms with Crippen molar-refractivity contribution in [3.63, 3.8) is 0 Å². The van der Waals surface area contributed by atoms with Gasteiger partial charge >= 0.3 is 0 Å². The zero-order valence-corrected chi connectivity index (χ0v) is 13.8. The van der Waals surface area contributed by atoms with Crippen LogP contribution in [0.3, 0.4) is 0 Å². The molecular weight excluding hydrogens is 232 g/mol. The van der Waals surface area contributed by atoms with Crippen LogP contribution in [-0.2, 0) is 0 Å². The van der Waals surface area contributed by atoms with E-state index in [0.717, 1.165) is 0 Å². The summed E-state index contributed by atoms with van der Waals surface area (Å²) < 4.78 is 0. The Balaban J connectivity index is 0. The molecule has 19 heavy (non-hydrogen) atoms. The lowest BCUT2D eigenvalue weighted by Gasteiger charge is -2.31. The molecule has 0 saturated heterocycles. The number of hydrogen-bond donors (Lipinski definition) is 1. The Hall–Kier alpha value is -1.24. The van der Waals surface area contributed by atoms with Gasteiger partial charge in [0.05, 0.1) is 5.76 Å². The van der Waals surface area contributed by atoms with Gasteiger partial charge in [-0.25, -0.2) is 0 Å². The molecule has 1 aromatic rings. The Morgan fingerprint density at radius 3 is 1.89 bits per heavy atom. The average Bonchev–Trinajstić information content (AvgIpc) is 2.40. The predicted molar refractivity (Wildman–Crippen MR) is 87.7 cm³/mol. The maximum Gasteiger partial charge on any atom is 0.0820 e. The maximum absolute atomic E-state index is 7.86. The van der Waals surface area contributed by atoms with E-state index in [1.807, 2.05) is 13.8 Å². The van der Waals surface area contributed by atoms with Crippen molar-refractivity contribution in [1.29, 1.82) is 0 Å². The quantitative estimate of drug-likeness (QED) is 0.632. The van der Waals surface area contributed by atoms with Gasteiger partial charge in [-0.05, 0) is 23.8 Å². The third kappa shape index (κ3) is 9.35. The van der Waals surface area contributed by atoms with Crippen molar-refractivity contribution < 1.29 is 5.11 Å². The summed E-state index contributed by atoms with van der Waals surface area (Å²) in [7, 11) is 0. The van der Waals surface area contributed by atoms with Crippen molar-refractivity contribution in [3.8, 4) is 0 Å². The predicted octanol–water partition coefficient (Wildman–Crippen LogP) is 6.33. The van der Waals surface area contributed by atoms with E-state index in [-0.39, 0.29) is 5.76 Å². The summed E-state index contributed by atoms with van der Waals surface area (Å²) in [4.78, 5) is 0. The van der Waals surface area contributed by atoms with Gasteiger partial charge in [0.15, 0.2) is 0 Å². The van der Waals surface area contributed by atoms with Crippen LogP contribution in [0, 0.1) is 5.41 Å². The van der Waals surface area contributed by atoms with Crippen molar-refractivity contribution in [2.24, 2.45) is 5.41 Å². The summed E-state index contributed by atoms with van der Waals surface area (Å²) in [5.41, 5.74) is 1.86. The van der Waals surface area contributed by atoms with Crippen LogP contribution in [0.5, 0.6) is 0 Å². The number of aliphatic hydroxyl groups is 1. The number of aliphatic hydroxyl groups excluding tert-OH is 1. The van der Waals surface area contributed by atoms with Gasteiger partial charge in [-0.1, -0.05) is 84.9 Å². The molecule has 0 aliphatic carbocycles. The van der Waals surface area contributed by atoms with Gasteiger partial charge in [0.1, 0.15) is 0 Å². The van der Waals surface area contributed by atoms with Gasteiger partial charge in [0, 0.05) is 0 Å². The van der Waals surface area contributed by atoms with Gasteiger partial charge < -0.3 is 5.11 Å². The van der Waals surface area contributed by atoms with Crippen LogP contribution in [-0.4, -0.2) is 5.11 Å². The second kappa shape index (κ2) is 10.7. The molecule has 0 radical (unpaired) electrons. The standard InChI is InChI=1S/C13H20.C3H6O.C2H6/c1-5-13(3,4)11(2)12-9-7-6-8-10-12;1-3(2)4;1-2/h6-11H,5H2,1-4H3;4H,1H2,2H3;1-2H3. The minimum Gasteiger partial charge on any atom is -0.513 e. The minimum atomic E-state index is 0.167. The topological polar surface area (TPSA) is 20.2 Å². The van der Waals surface area contributed by atoms with Crippen LogP contribution < -0.4 is 0 Å². The highest BCUT2D eigenvalue weighted by Crippen LogP contribution is 2.37. The van der Waals surface area contributed by atoms with E-state index in [9.17, 15) is 0 Å². The summed E-state index contributed by atoms with van der Waals surface area (Å²) in [6.07, 6.45) is 1.23. The highest BCUT2D eigenvalue weighted by Gasteiger charge is 2.24. The summed E-state index contributed by atoms with van der Waals surface area (Å²) >= 11 is 0. The second-order valence-corrected chi connectivity index (χ2v) is 5.21. The third-order valence-corrected chi connectivity index (χ3v) is 3.38. The van der Waals surface area contributed by atoms with E-state index in [4.69, 9.17) is 5.11 Å². The average molecular weight is 264 g/mol. The molecule has 0 fully saturated rings. The van der Waals surface area contributed by atoms with Gasteiger partial charge in [0.2, 0.25) is 0 Å². The molecule has 1 rings (SSSR count). The van der Waals surface area contributed by atoms with Crippen LogP contribution in [0.4, 0.5) is 0 Å². The van der Waals surface area contributed by atoms with Gasteiger partial charge in [-0.3, -0.25) is 0 Å². The number of benzene rings is 1. The van der Waals surface area contributed by atoms with Gasteiger partial charge in [-0.2, -0.15) is 0 Å². The SMILES string of the molecule is C=C(C)O.CC.CCC(C)(C)C(C)c1ccccc1. The van der Waals surface area contributed by atoms with Crippen molar-refractivity contribution >= 4 is 0 Å². The van der Waals surface area contributed by atoms with Crippen molar-refractivity contribution in [3.05, 3.63) is 48.2 Å².